The van der Waals surface area contributed by atoms with Crippen LogP contribution in [0.1, 0.15) is 30.5 Å². The predicted octanol–water partition coefficient (Wildman–Crippen LogP) is 3.91. The second kappa shape index (κ2) is 6.80. The molecule has 10 heteroatoms. The van der Waals surface area contributed by atoms with Gasteiger partial charge in [-0.3, -0.25) is 0 Å². The van der Waals surface area contributed by atoms with Gasteiger partial charge in [-0.25, -0.2) is 8.42 Å². The Hall–Kier alpha value is -0.860. The van der Waals surface area contributed by atoms with Crippen LogP contribution < -0.4 is 0 Å². The summed E-state index contributed by atoms with van der Waals surface area (Å²) >= 11 is 18.0. The van der Waals surface area contributed by atoms with Crippen LogP contribution in [0.2, 0.25) is 15.1 Å². The van der Waals surface area contributed by atoms with E-state index in [1.54, 1.807) is 6.92 Å². The Labute approximate surface area is 154 Å². The van der Waals surface area contributed by atoms with E-state index in [0.29, 0.717) is 24.7 Å². The molecule has 0 N–H and O–H groups in total. The van der Waals surface area contributed by atoms with Gasteiger partial charge in [-0.05, 0) is 31.9 Å². The standard InChI is InChI=1S/C14H14Cl3N3O3S/c1-8-18-14(23-19-8)9-3-2-4-20(7-9)24(21,22)13-11(16)5-10(15)6-12(13)17/h5-6,9H,2-4,7H2,1H3. The second-order valence-electron chi connectivity index (χ2n) is 5.58. The number of sulfonamides is 1. The van der Waals surface area contributed by atoms with Gasteiger partial charge in [-0.2, -0.15) is 9.29 Å². The number of aryl methyl sites for hydroxylation is 1. The summed E-state index contributed by atoms with van der Waals surface area (Å²) in [6.45, 7) is 2.33. The zero-order valence-corrected chi connectivity index (χ0v) is 15.8. The van der Waals surface area contributed by atoms with Gasteiger partial charge in [-0.1, -0.05) is 40.0 Å². The number of piperidine rings is 1. The van der Waals surface area contributed by atoms with Gasteiger partial charge in [0.05, 0.1) is 16.0 Å². The molecule has 6 nitrogen and oxygen atoms in total. The van der Waals surface area contributed by atoms with E-state index in [0.717, 1.165) is 6.42 Å². The predicted molar refractivity (Wildman–Crippen MR) is 91.2 cm³/mol. The van der Waals surface area contributed by atoms with Crippen LogP contribution in [-0.4, -0.2) is 36.0 Å². The van der Waals surface area contributed by atoms with Crippen molar-refractivity contribution in [1.82, 2.24) is 14.4 Å². The van der Waals surface area contributed by atoms with Gasteiger partial charge in [0, 0.05) is 18.1 Å². The highest BCUT2D eigenvalue weighted by atomic mass is 35.5. The third-order valence-corrected chi connectivity index (χ3v) is 6.84. The fraction of sp³-hybridized carbons (Fsp3) is 0.429. The van der Waals surface area contributed by atoms with Crippen LogP contribution in [-0.2, 0) is 10.0 Å². The topological polar surface area (TPSA) is 76.3 Å². The minimum absolute atomic E-state index is 0.00302. The summed E-state index contributed by atoms with van der Waals surface area (Å²) in [5.41, 5.74) is 0. The third kappa shape index (κ3) is 3.41. The van der Waals surface area contributed by atoms with E-state index in [1.165, 1.54) is 16.4 Å². The Bertz CT molecular complexity index is 846. The lowest BCUT2D eigenvalue weighted by Crippen LogP contribution is -2.39. The maximum atomic E-state index is 13.0. The number of rotatable bonds is 3. The summed E-state index contributed by atoms with van der Waals surface area (Å²) in [6.07, 6.45) is 1.45. The van der Waals surface area contributed by atoms with Crippen molar-refractivity contribution in [2.75, 3.05) is 13.1 Å². The minimum Gasteiger partial charge on any atom is -0.339 e. The van der Waals surface area contributed by atoms with Crippen LogP contribution in [0.5, 0.6) is 0 Å². The summed E-state index contributed by atoms with van der Waals surface area (Å²) in [5, 5.41) is 4.05. The molecule has 1 saturated heterocycles. The second-order valence-corrected chi connectivity index (χ2v) is 8.71. The fourth-order valence-corrected chi connectivity index (χ4v) is 5.76. The van der Waals surface area contributed by atoms with Gasteiger partial charge in [0.1, 0.15) is 4.90 Å². The first kappa shape index (κ1) is 17.9. The number of nitrogens with zero attached hydrogens (tertiary/aromatic N) is 3. The molecule has 1 aliphatic heterocycles. The molecular weight excluding hydrogens is 397 g/mol. The van der Waals surface area contributed by atoms with Gasteiger partial charge >= 0.3 is 0 Å². The molecule has 0 spiro atoms. The molecule has 0 radical (unpaired) electrons. The Morgan fingerprint density at radius 1 is 1.25 bits per heavy atom. The molecule has 3 rings (SSSR count). The lowest BCUT2D eigenvalue weighted by atomic mass is 10.00. The van der Waals surface area contributed by atoms with E-state index >= 15 is 0 Å². The molecule has 1 atom stereocenters. The Morgan fingerprint density at radius 3 is 2.50 bits per heavy atom. The molecule has 2 aromatic rings. The van der Waals surface area contributed by atoms with Crippen molar-refractivity contribution < 1.29 is 12.9 Å². The van der Waals surface area contributed by atoms with Crippen LogP contribution >= 0.6 is 34.8 Å². The lowest BCUT2D eigenvalue weighted by molar-refractivity contribution is 0.265. The van der Waals surface area contributed by atoms with Gasteiger partial charge < -0.3 is 4.52 Å². The highest BCUT2D eigenvalue weighted by Crippen LogP contribution is 2.37. The molecule has 1 aromatic heterocycles. The largest absolute Gasteiger partial charge is 0.339 e. The molecule has 2 heterocycles. The lowest BCUT2D eigenvalue weighted by Gasteiger charge is -2.30. The molecule has 1 aliphatic rings. The summed E-state index contributed by atoms with van der Waals surface area (Å²) in [7, 11) is -3.85. The Balaban J connectivity index is 1.92. The van der Waals surface area contributed by atoms with Gasteiger partial charge in [0.2, 0.25) is 15.9 Å². The zero-order chi connectivity index (χ0) is 17.5. The summed E-state index contributed by atoms with van der Waals surface area (Å²) < 4.78 is 32.5. The van der Waals surface area contributed by atoms with Crippen molar-refractivity contribution in [2.24, 2.45) is 0 Å². The normalized spacial score (nSPS) is 19.6. The average Bonchev–Trinajstić information content (AvgIpc) is 2.92. The molecule has 0 amide bonds. The quantitative estimate of drug-likeness (QED) is 0.767. The highest BCUT2D eigenvalue weighted by molar-refractivity contribution is 7.89. The molecule has 1 aromatic carbocycles. The Morgan fingerprint density at radius 2 is 1.92 bits per heavy atom. The summed E-state index contributed by atoms with van der Waals surface area (Å²) in [6, 6.07) is 2.73. The van der Waals surface area contributed by atoms with Crippen LogP contribution in [0.4, 0.5) is 0 Å². The maximum Gasteiger partial charge on any atom is 0.246 e. The zero-order valence-electron chi connectivity index (χ0n) is 12.7. The van der Waals surface area contributed by atoms with Gasteiger partial charge in [0.15, 0.2) is 5.82 Å². The number of hydrogen-bond acceptors (Lipinski definition) is 5. The van der Waals surface area contributed by atoms with Gasteiger partial charge in [0.25, 0.3) is 0 Å². The number of hydrogen-bond donors (Lipinski definition) is 0. The van der Waals surface area contributed by atoms with E-state index in [9.17, 15) is 8.42 Å². The van der Waals surface area contributed by atoms with Crippen LogP contribution in [0.15, 0.2) is 21.6 Å². The maximum absolute atomic E-state index is 13.0. The molecule has 1 unspecified atom stereocenters. The molecule has 0 bridgehead atoms. The molecule has 0 aliphatic carbocycles. The molecular formula is C14H14Cl3N3O3S. The molecule has 130 valence electrons. The number of benzene rings is 1. The summed E-state index contributed by atoms with van der Waals surface area (Å²) in [4.78, 5) is 4.07. The van der Waals surface area contributed by atoms with Gasteiger partial charge in [-0.15, -0.1) is 0 Å². The minimum atomic E-state index is -3.85. The number of aromatic nitrogens is 2. The van der Waals surface area contributed by atoms with Crippen LogP contribution in [0, 0.1) is 6.92 Å². The van der Waals surface area contributed by atoms with E-state index in [4.69, 9.17) is 39.3 Å². The first-order chi connectivity index (χ1) is 11.3. The fourth-order valence-electron chi connectivity index (χ4n) is 2.75. The van der Waals surface area contributed by atoms with Crippen molar-refractivity contribution in [3.63, 3.8) is 0 Å². The van der Waals surface area contributed by atoms with Crippen molar-refractivity contribution in [3.05, 3.63) is 38.9 Å². The van der Waals surface area contributed by atoms with Crippen molar-refractivity contribution in [3.8, 4) is 0 Å². The monoisotopic (exact) mass is 409 g/mol. The van der Waals surface area contributed by atoms with E-state index in [-0.39, 0.29) is 32.4 Å². The van der Waals surface area contributed by atoms with Crippen LogP contribution in [0.25, 0.3) is 0 Å². The average molecular weight is 411 g/mol. The molecule has 1 fully saturated rings. The van der Waals surface area contributed by atoms with E-state index in [2.05, 4.69) is 10.1 Å². The van der Waals surface area contributed by atoms with Crippen molar-refractivity contribution in [2.45, 2.75) is 30.6 Å². The highest BCUT2D eigenvalue weighted by Gasteiger charge is 2.35. The smallest absolute Gasteiger partial charge is 0.246 e. The summed E-state index contributed by atoms with van der Waals surface area (Å²) in [5.74, 6) is 0.814. The first-order valence-electron chi connectivity index (χ1n) is 7.24. The number of halogens is 3. The molecule has 24 heavy (non-hydrogen) atoms. The Kier molecular flexibility index (Phi) is 5.09. The van der Waals surface area contributed by atoms with E-state index < -0.39 is 10.0 Å². The molecule has 0 saturated carbocycles. The van der Waals surface area contributed by atoms with Crippen LogP contribution in [0.3, 0.4) is 0 Å². The van der Waals surface area contributed by atoms with E-state index in [1.807, 2.05) is 0 Å². The third-order valence-electron chi connectivity index (χ3n) is 3.84. The first-order valence-corrected chi connectivity index (χ1v) is 9.81. The van der Waals surface area contributed by atoms with Crippen molar-refractivity contribution >= 4 is 44.8 Å². The van der Waals surface area contributed by atoms with Crippen molar-refractivity contribution in [1.29, 1.82) is 0 Å². The SMILES string of the molecule is Cc1noc(C2CCCN(S(=O)(=O)c3c(Cl)cc(Cl)cc3Cl)C2)n1.